The number of hydrogen-bond acceptors (Lipinski definition) is 4. The molecule has 0 radical (unpaired) electrons. The number of rotatable bonds is 6. The number of hydrogen-bond donors (Lipinski definition) is 0. The molecule has 6 heteroatoms. The molecule has 1 saturated heterocycles. The third-order valence-electron chi connectivity index (χ3n) is 4.15. The molecule has 1 aromatic rings. The van der Waals surface area contributed by atoms with Crippen molar-refractivity contribution in [2.75, 3.05) is 31.6 Å². The summed E-state index contributed by atoms with van der Waals surface area (Å²) in [6.45, 7) is 5.06. The summed E-state index contributed by atoms with van der Waals surface area (Å²) < 4.78 is 24.8. The fourth-order valence-corrected chi connectivity index (χ4v) is 4.48. The second kappa shape index (κ2) is 6.92. The van der Waals surface area contributed by atoms with Crippen LogP contribution in [0.25, 0.3) is 0 Å². The maximum atomic E-state index is 11.4. The quantitative estimate of drug-likeness (QED) is 0.795. The minimum absolute atomic E-state index is 0.201. The first-order valence-corrected chi connectivity index (χ1v) is 9.76. The molecular formula is C15H27N3O2S. The van der Waals surface area contributed by atoms with Crippen molar-refractivity contribution in [3.8, 4) is 0 Å². The fraction of sp³-hybridized carbons (Fsp3) is 0.800. The maximum absolute atomic E-state index is 11.4. The monoisotopic (exact) mass is 313 g/mol. The van der Waals surface area contributed by atoms with Crippen molar-refractivity contribution >= 4 is 9.84 Å². The van der Waals surface area contributed by atoms with Crippen LogP contribution in [-0.2, 0) is 23.3 Å². The Balaban J connectivity index is 1.84. The van der Waals surface area contributed by atoms with Crippen LogP contribution < -0.4 is 0 Å². The summed E-state index contributed by atoms with van der Waals surface area (Å²) in [7, 11) is -0.835. The highest BCUT2D eigenvalue weighted by Crippen LogP contribution is 2.21. The van der Waals surface area contributed by atoms with E-state index < -0.39 is 9.84 Å². The SMILES string of the molecule is C[C@@H](CN1CCC[C@@H](Cc2nccn2C)C1)CS(C)(=O)=O. The van der Waals surface area contributed by atoms with Gasteiger partial charge < -0.3 is 9.47 Å². The van der Waals surface area contributed by atoms with Gasteiger partial charge in [-0.2, -0.15) is 0 Å². The van der Waals surface area contributed by atoms with E-state index in [2.05, 4.69) is 14.5 Å². The van der Waals surface area contributed by atoms with Gasteiger partial charge in [-0.15, -0.1) is 0 Å². The Morgan fingerprint density at radius 3 is 2.86 bits per heavy atom. The predicted molar refractivity (Wildman–Crippen MR) is 85.0 cm³/mol. The van der Waals surface area contributed by atoms with E-state index in [0.29, 0.717) is 5.92 Å². The summed E-state index contributed by atoms with van der Waals surface area (Å²) in [5.41, 5.74) is 0. The first-order chi connectivity index (χ1) is 9.83. The molecule has 2 heterocycles. The molecule has 1 aliphatic heterocycles. The Labute approximate surface area is 128 Å². The molecule has 2 rings (SSSR count). The lowest BCUT2D eigenvalue weighted by molar-refractivity contribution is 0.157. The molecule has 21 heavy (non-hydrogen) atoms. The van der Waals surface area contributed by atoms with E-state index in [-0.39, 0.29) is 11.7 Å². The number of aromatic nitrogens is 2. The van der Waals surface area contributed by atoms with Gasteiger partial charge in [0.1, 0.15) is 15.7 Å². The van der Waals surface area contributed by atoms with Crippen LogP contribution >= 0.6 is 0 Å². The number of nitrogens with zero attached hydrogens (tertiary/aromatic N) is 3. The van der Waals surface area contributed by atoms with Gasteiger partial charge in [0, 0.05) is 45.2 Å². The van der Waals surface area contributed by atoms with Crippen LogP contribution in [0.5, 0.6) is 0 Å². The van der Waals surface area contributed by atoms with Crippen molar-refractivity contribution in [1.29, 1.82) is 0 Å². The third kappa shape index (κ3) is 5.43. The molecule has 0 unspecified atom stereocenters. The van der Waals surface area contributed by atoms with E-state index in [4.69, 9.17) is 0 Å². The van der Waals surface area contributed by atoms with Gasteiger partial charge in [0.05, 0.1) is 5.75 Å². The van der Waals surface area contributed by atoms with Crippen LogP contribution in [-0.4, -0.2) is 54.5 Å². The lowest BCUT2D eigenvalue weighted by Crippen LogP contribution is -2.40. The van der Waals surface area contributed by atoms with Gasteiger partial charge in [-0.1, -0.05) is 6.92 Å². The van der Waals surface area contributed by atoms with Gasteiger partial charge in [-0.3, -0.25) is 0 Å². The first-order valence-electron chi connectivity index (χ1n) is 7.70. The smallest absolute Gasteiger partial charge is 0.147 e. The number of likely N-dealkylation sites (tertiary alicyclic amines) is 1. The van der Waals surface area contributed by atoms with E-state index in [9.17, 15) is 8.42 Å². The zero-order valence-electron chi connectivity index (χ0n) is 13.3. The van der Waals surface area contributed by atoms with E-state index >= 15 is 0 Å². The largest absolute Gasteiger partial charge is 0.338 e. The molecule has 0 aliphatic carbocycles. The van der Waals surface area contributed by atoms with Gasteiger partial charge in [-0.25, -0.2) is 13.4 Å². The van der Waals surface area contributed by atoms with Gasteiger partial charge in [0.15, 0.2) is 0 Å². The first kappa shape index (κ1) is 16.5. The van der Waals surface area contributed by atoms with Crippen LogP contribution in [0, 0.1) is 11.8 Å². The molecule has 0 aromatic carbocycles. The van der Waals surface area contributed by atoms with Gasteiger partial charge >= 0.3 is 0 Å². The number of piperidine rings is 1. The summed E-state index contributed by atoms with van der Waals surface area (Å²) in [5.74, 6) is 2.26. The highest BCUT2D eigenvalue weighted by Gasteiger charge is 2.23. The number of imidazole rings is 1. The topological polar surface area (TPSA) is 55.2 Å². The second-order valence-corrected chi connectivity index (χ2v) is 8.81. The summed E-state index contributed by atoms with van der Waals surface area (Å²) >= 11 is 0. The van der Waals surface area contributed by atoms with Crippen LogP contribution in [0.15, 0.2) is 12.4 Å². The Morgan fingerprint density at radius 2 is 2.24 bits per heavy atom. The minimum atomic E-state index is -2.87. The van der Waals surface area contributed by atoms with Crippen molar-refractivity contribution in [1.82, 2.24) is 14.5 Å². The predicted octanol–water partition coefficient (Wildman–Crippen LogP) is 1.36. The highest BCUT2D eigenvalue weighted by atomic mass is 32.2. The molecule has 1 fully saturated rings. The van der Waals surface area contributed by atoms with Crippen LogP contribution in [0.4, 0.5) is 0 Å². The average Bonchev–Trinajstić information content (AvgIpc) is 2.73. The Morgan fingerprint density at radius 1 is 1.48 bits per heavy atom. The molecule has 120 valence electrons. The molecule has 5 nitrogen and oxygen atoms in total. The second-order valence-electron chi connectivity index (χ2n) is 6.62. The van der Waals surface area contributed by atoms with Crippen LogP contribution in [0.1, 0.15) is 25.6 Å². The van der Waals surface area contributed by atoms with Gasteiger partial charge in [0.2, 0.25) is 0 Å². The molecule has 0 N–H and O–H groups in total. The molecule has 0 amide bonds. The van der Waals surface area contributed by atoms with E-state index in [1.807, 2.05) is 26.4 Å². The van der Waals surface area contributed by atoms with Crippen molar-refractivity contribution in [2.45, 2.75) is 26.2 Å². The van der Waals surface area contributed by atoms with Crippen LogP contribution in [0.3, 0.4) is 0 Å². The molecule has 1 aliphatic rings. The Kier molecular flexibility index (Phi) is 5.43. The lowest BCUT2D eigenvalue weighted by Gasteiger charge is -2.34. The van der Waals surface area contributed by atoms with Crippen molar-refractivity contribution in [3.63, 3.8) is 0 Å². The van der Waals surface area contributed by atoms with Crippen molar-refractivity contribution < 1.29 is 8.42 Å². The number of aryl methyl sites for hydroxylation is 1. The third-order valence-corrected chi connectivity index (χ3v) is 5.33. The zero-order valence-corrected chi connectivity index (χ0v) is 14.1. The zero-order chi connectivity index (χ0) is 15.5. The Bertz CT molecular complexity index is 553. The van der Waals surface area contributed by atoms with Crippen molar-refractivity contribution in [2.24, 2.45) is 18.9 Å². The molecule has 1 aromatic heterocycles. The lowest BCUT2D eigenvalue weighted by atomic mass is 9.94. The standard InChI is InChI=1S/C15H27N3O2S/c1-13(12-21(3,19)20)10-18-7-4-5-14(11-18)9-15-16-6-8-17(15)2/h6,8,13-14H,4-5,7,9-12H2,1-3H3/t13-,14-/m0/s1. The number of sulfone groups is 1. The summed E-state index contributed by atoms with van der Waals surface area (Å²) in [6, 6.07) is 0. The van der Waals surface area contributed by atoms with Crippen molar-refractivity contribution in [3.05, 3.63) is 18.2 Å². The highest BCUT2D eigenvalue weighted by molar-refractivity contribution is 7.90. The minimum Gasteiger partial charge on any atom is -0.338 e. The fourth-order valence-electron chi connectivity index (χ4n) is 3.35. The molecule has 0 bridgehead atoms. The maximum Gasteiger partial charge on any atom is 0.147 e. The van der Waals surface area contributed by atoms with Gasteiger partial charge in [-0.05, 0) is 31.2 Å². The van der Waals surface area contributed by atoms with Gasteiger partial charge in [0.25, 0.3) is 0 Å². The molecule has 0 spiro atoms. The summed E-state index contributed by atoms with van der Waals surface area (Å²) in [4.78, 5) is 6.83. The van der Waals surface area contributed by atoms with Crippen LogP contribution in [0.2, 0.25) is 0 Å². The van der Waals surface area contributed by atoms with E-state index in [0.717, 1.165) is 31.9 Å². The summed E-state index contributed by atoms with van der Waals surface area (Å²) in [5, 5.41) is 0. The Hall–Kier alpha value is -0.880. The van der Waals surface area contributed by atoms with E-state index in [1.54, 1.807) is 0 Å². The normalized spacial score (nSPS) is 22.3. The van der Waals surface area contributed by atoms with E-state index in [1.165, 1.54) is 19.1 Å². The summed E-state index contributed by atoms with van der Waals surface area (Å²) in [6.07, 6.45) is 8.61. The molecular weight excluding hydrogens is 286 g/mol. The molecule has 2 atom stereocenters. The molecule has 0 saturated carbocycles. The average molecular weight is 313 g/mol.